The third-order valence-electron chi connectivity index (χ3n) is 3.90. The quantitative estimate of drug-likeness (QED) is 0.801. The van der Waals surface area contributed by atoms with Crippen molar-refractivity contribution in [1.82, 2.24) is 9.47 Å². The molecule has 0 atom stereocenters. The van der Waals surface area contributed by atoms with Crippen molar-refractivity contribution in [2.24, 2.45) is 0 Å². The largest absolute Gasteiger partial charge is 0.461 e. The lowest BCUT2D eigenvalue weighted by molar-refractivity contribution is -0.131. The fourth-order valence-corrected chi connectivity index (χ4v) is 2.76. The molecule has 0 aromatic carbocycles. The number of rotatable bonds is 4. The first-order valence-electron chi connectivity index (χ1n) is 7.74. The zero-order valence-corrected chi connectivity index (χ0v) is 12.9. The minimum Gasteiger partial charge on any atom is -0.461 e. The second-order valence-electron chi connectivity index (χ2n) is 5.49. The number of aromatic nitrogens is 1. The summed E-state index contributed by atoms with van der Waals surface area (Å²) in [6.45, 7) is 5.84. The van der Waals surface area contributed by atoms with Gasteiger partial charge in [0.1, 0.15) is 12.2 Å². The summed E-state index contributed by atoms with van der Waals surface area (Å²) in [5, 5.41) is 0. The van der Waals surface area contributed by atoms with Crippen LogP contribution in [0.25, 0.3) is 0 Å². The van der Waals surface area contributed by atoms with Crippen LogP contribution in [0.5, 0.6) is 0 Å². The fraction of sp³-hybridized carbons (Fsp3) is 0.625. The first kappa shape index (κ1) is 15.6. The molecule has 1 aromatic rings. The van der Waals surface area contributed by atoms with E-state index < -0.39 is 0 Å². The molecule has 1 aliphatic rings. The molecule has 21 heavy (non-hydrogen) atoms. The number of likely N-dealkylation sites (tertiary alicyclic amines) is 1. The molecule has 5 nitrogen and oxygen atoms in total. The van der Waals surface area contributed by atoms with Gasteiger partial charge in [-0.3, -0.25) is 4.79 Å². The van der Waals surface area contributed by atoms with Crippen molar-refractivity contribution < 1.29 is 14.3 Å². The highest BCUT2D eigenvalue weighted by molar-refractivity contribution is 5.90. The molecule has 0 unspecified atom stereocenters. The van der Waals surface area contributed by atoms with Crippen LogP contribution in [0.4, 0.5) is 0 Å². The van der Waals surface area contributed by atoms with E-state index in [4.69, 9.17) is 4.74 Å². The van der Waals surface area contributed by atoms with Crippen LogP contribution in [0.2, 0.25) is 0 Å². The molecule has 0 saturated carbocycles. The summed E-state index contributed by atoms with van der Waals surface area (Å²) in [7, 11) is 0. The maximum absolute atomic E-state index is 12.4. The molecule has 0 spiro atoms. The fourth-order valence-electron chi connectivity index (χ4n) is 2.76. The highest BCUT2D eigenvalue weighted by atomic mass is 16.5. The van der Waals surface area contributed by atoms with E-state index in [1.165, 1.54) is 12.8 Å². The van der Waals surface area contributed by atoms with E-state index in [2.05, 4.69) is 0 Å². The lowest BCUT2D eigenvalue weighted by atomic mass is 10.2. The van der Waals surface area contributed by atoms with Crippen LogP contribution >= 0.6 is 0 Å². The molecule has 5 heteroatoms. The molecule has 2 heterocycles. The van der Waals surface area contributed by atoms with E-state index in [9.17, 15) is 9.59 Å². The van der Waals surface area contributed by atoms with E-state index in [0.717, 1.165) is 31.5 Å². The first-order valence-corrected chi connectivity index (χ1v) is 7.74. The van der Waals surface area contributed by atoms with Crippen molar-refractivity contribution >= 4 is 11.9 Å². The monoisotopic (exact) mass is 292 g/mol. The normalized spacial score (nSPS) is 15.6. The number of ether oxygens (including phenoxy) is 1. The zero-order valence-electron chi connectivity index (χ0n) is 12.9. The molecule has 116 valence electrons. The van der Waals surface area contributed by atoms with Crippen molar-refractivity contribution in [3.05, 3.63) is 23.5 Å². The van der Waals surface area contributed by atoms with Crippen molar-refractivity contribution in [2.75, 3.05) is 19.7 Å². The van der Waals surface area contributed by atoms with E-state index >= 15 is 0 Å². The molecule has 0 radical (unpaired) electrons. The van der Waals surface area contributed by atoms with Crippen molar-refractivity contribution in [2.45, 2.75) is 46.1 Å². The summed E-state index contributed by atoms with van der Waals surface area (Å²) in [6, 6.07) is 1.85. The third kappa shape index (κ3) is 3.86. The van der Waals surface area contributed by atoms with Gasteiger partial charge in [0.25, 0.3) is 0 Å². The number of nitrogens with zero attached hydrogens (tertiary/aromatic N) is 2. The average Bonchev–Trinajstić information content (AvgIpc) is 2.68. The minimum absolute atomic E-state index is 0.0815. The van der Waals surface area contributed by atoms with Crippen molar-refractivity contribution in [3.8, 4) is 0 Å². The van der Waals surface area contributed by atoms with E-state index in [0.29, 0.717) is 12.3 Å². The highest BCUT2D eigenvalue weighted by Gasteiger charge is 2.20. The maximum atomic E-state index is 12.4. The maximum Gasteiger partial charge on any atom is 0.355 e. The highest BCUT2D eigenvalue weighted by Crippen LogP contribution is 2.14. The molecule has 1 aliphatic heterocycles. The second-order valence-corrected chi connectivity index (χ2v) is 5.49. The summed E-state index contributed by atoms with van der Waals surface area (Å²) in [5.74, 6) is -0.276. The van der Waals surface area contributed by atoms with Gasteiger partial charge in [-0.05, 0) is 38.3 Å². The third-order valence-corrected chi connectivity index (χ3v) is 3.90. The van der Waals surface area contributed by atoms with Crippen LogP contribution in [-0.2, 0) is 16.1 Å². The van der Waals surface area contributed by atoms with Gasteiger partial charge in [-0.25, -0.2) is 4.79 Å². The van der Waals surface area contributed by atoms with Gasteiger partial charge in [-0.15, -0.1) is 0 Å². The van der Waals surface area contributed by atoms with Crippen LogP contribution in [-0.4, -0.2) is 41.0 Å². The Morgan fingerprint density at radius 1 is 1.19 bits per heavy atom. The lowest BCUT2D eigenvalue weighted by Gasteiger charge is -2.21. The SMILES string of the molecule is CCOC(=O)c1c(C)ccn1CC(=O)N1CCCCCC1. The molecule has 1 amide bonds. The molecule has 1 fully saturated rings. The number of hydrogen-bond acceptors (Lipinski definition) is 3. The number of carbonyl (C=O) groups excluding carboxylic acids is 2. The van der Waals surface area contributed by atoms with Crippen molar-refractivity contribution in [3.63, 3.8) is 0 Å². The standard InChI is InChI=1S/C16H24N2O3/c1-3-21-16(20)15-13(2)8-11-18(15)12-14(19)17-9-6-4-5-7-10-17/h8,11H,3-7,9-10,12H2,1-2H3. The summed E-state index contributed by atoms with van der Waals surface area (Å²) in [4.78, 5) is 26.3. The van der Waals surface area contributed by atoms with Crippen LogP contribution < -0.4 is 0 Å². The average molecular weight is 292 g/mol. The number of carbonyl (C=O) groups is 2. The van der Waals surface area contributed by atoms with Crippen LogP contribution in [0.15, 0.2) is 12.3 Å². The summed E-state index contributed by atoms with van der Waals surface area (Å²) < 4.78 is 6.78. The number of amides is 1. The van der Waals surface area contributed by atoms with Crippen LogP contribution in [0.1, 0.15) is 48.7 Å². The zero-order chi connectivity index (χ0) is 15.2. The van der Waals surface area contributed by atoms with E-state index in [-0.39, 0.29) is 18.4 Å². The Balaban J connectivity index is 2.08. The Labute approximate surface area is 125 Å². The Morgan fingerprint density at radius 2 is 1.86 bits per heavy atom. The first-order chi connectivity index (χ1) is 10.1. The molecular formula is C16H24N2O3. The summed E-state index contributed by atoms with van der Waals surface area (Å²) in [5.41, 5.74) is 1.33. The minimum atomic E-state index is -0.358. The molecule has 1 saturated heterocycles. The Morgan fingerprint density at radius 3 is 2.48 bits per heavy atom. The van der Waals surface area contributed by atoms with Gasteiger partial charge < -0.3 is 14.2 Å². The lowest BCUT2D eigenvalue weighted by Crippen LogP contribution is -2.35. The predicted molar refractivity (Wildman–Crippen MR) is 80.2 cm³/mol. The summed E-state index contributed by atoms with van der Waals surface area (Å²) in [6.07, 6.45) is 6.32. The molecular weight excluding hydrogens is 268 g/mol. The van der Waals surface area contributed by atoms with Gasteiger partial charge in [-0.2, -0.15) is 0 Å². The topological polar surface area (TPSA) is 51.5 Å². The second kappa shape index (κ2) is 7.29. The number of hydrogen-bond donors (Lipinski definition) is 0. The molecule has 1 aromatic heterocycles. The molecule has 2 rings (SSSR count). The van der Waals surface area contributed by atoms with E-state index in [1.54, 1.807) is 17.7 Å². The molecule has 0 bridgehead atoms. The Hall–Kier alpha value is -1.78. The Bertz CT molecular complexity index is 500. The van der Waals surface area contributed by atoms with Crippen LogP contribution in [0, 0.1) is 6.92 Å². The van der Waals surface area contributed by atoms with Gasteiger partial charge >= 0.3 is 5.97 Å². The van der Waals surface area contributed by atoms with Gasteiger partial charge in [0, 0.05) is 19.3 Å². The smallest absolute Gasteiger partial charge is 0.355 e. The van der Waals surface area contributed by atoms with Crippen LogP contribution in [0.3, 0.4) is 0 Å². The van der Waals surface area contributed by atoms with Gasteiger partial charge in [0.15, 0.2) is 0 Å². The van der Waals surface area contributed by atoms with Gasteiger partial charge in [-0.1, -0.05) is 12.8 Å². The van der Waals surface area contributed by atoms with Gasteiger partial charge in [0.2, 0.25) is 5.91 Å². The summed E-state index contributed by atoms with van der Waals surface area (Å²) >= 11 is 0. The predicted octanol–water partition coefficient (Wildman–Crippen LogP) is 2.38. The van der Waals surface area contributed by atoms with Gasteiger partial charge in [0.05, 0.1) is 6.61 Å². The molecule has 0 N–H and O–H groups in total. The molecule has 0 aliphatic carbocycles. The number of aryl methyl sites for hydroxylation is 1. The van der Waals surface area contributed by atoms with Crippen molar-refractivity contribution in [1.29, 1.82) is 0 Å². The number of esters is 1. The van der Waals surface area contributed by atoms with E-state index in [1.807, 2.05) is 17.9 Å². The Kier molecular flexibility index (Phi) is 5.42.